The van der Waals surface area contributed by atoms with Crippen molar-refractivity contribution in [3.63, 3.8) is 0 Å². The molecular weight excluding hydrogens is 405 g/mol. The number of carbonyl (C=O) groups is 2. The summed E-state index contributed by atoms with van der Waals surface area (Å²) in [5, 5.41) is 10.5. The first-order chi connectivity index (χ1) is 13.2. The first kappa shape index (κ1) is 23.1. The van der Waals surface area contributed by atoms with Gasteiger partial charge in [-0.3, -0.25) is 4.79 Å². The van der Waals surface area contributed by atoms with Gasteiger partial charge in [0.05, 0.1) is 21.6 Å². The van der Waals surface area contributed by atoms with Crippen molar-refractivity contribution in [1.29, 1.82) is 0 Å². The summed E-state index contributed by atoms with van der Waals surface area (Å²) < 4.78 is 44.1. The van der Waals surface area contributed by atoms with Crippen molar-refractivity contribution in [3.8, 4) is 0 Å². The van der Waals surface area contributed by atoms with Crippen LogP contribution in [-0.2, 0) is 15.7 Å². The van der Waals surface area contributed by atoms with Gasteiger partial charge in [0.15, 0.2) is 5.78 Å². The quantitative estimate of drug-likeness (QED) is 0.485. The highest BCUT2D eigenvalue weighted by molar-refractivity contribution is 7.12. The Bertz CT molecular complexity index is 951. The maximum atomic E-state index is 12.8. The molecule has 0 saturated heterocycles. The minimum Gasteiger partial charge on any atom is -0.478 e. The number of alkyl halides is 3. The topological polar surface area (TPSA) is 63.6 Å². The van der Waals surface area contributed by atoms with E-state index in [1.165, 1.54) is 13.2 Å². The molecule has 2 atom stereocenters. The maximum absolute atomic E-state index is 12.8. The van der Waals surface area contributed by atoms with Crippen molar-refractivity contribution in [1.82, 2.24) is 0 Å². The summed E-state index contributed by atoms with van der Waals surface area (Å²) in [5.74, 6) is -1.62. The van der Waals surface area contributed by atoms with Gasteiger partial charge in [0.25, 0.3) is 0 Å². The number of halogens is 3. The highest BCUT2D eigenvalue weighted by Gasteiger charge is 2.51. The molecule has 0 radical (unpaired) electrons. The number of allylic oxidation sites excluding steroid dienone is 1. The number of ketones is 1. The Labute approximate surface area is 171 Å². The number of hydrogen-bond acceptors (Lipinski definition) is 4. The first-order valence-electron chi connectivity index (χ1n) is 8.78. The van der Waals surface area contributed by atoms with E-state index in [1.54, 1.807) is 33.8 Å². The van der Waals surface area contributed by atoms with Crippen LogP contribution in [0.15, 0.2) is 45.9 Å². The molecule has 2 rings (SSSR count). The largest absolute Gasteiger partial charge is 0.478 e. The predicted molar refractivity (Wildman–Crippen MR) is 105 cm³/mol. The lowest BCUT2D eigenvalue weighted by atomic mass is 9.60. The second-order valence-corrected chi connectivity index (χ2v) is 8.30. The van der Waals surface area contributed by atoms with Gasteiger partial charge in [-0.1, -0.05) is 11.6 Å². The van der Waals surface area contributed by atoms with E-state index in [2.05, 4.69) is 0 Å². The van der Waals surface area contributed by atoms with Crippen molar-refractivity contribution in [2.45, 2.75) is 46.4 Å². The Balaban J connectivity index is 2.51. The lowest BCUT2D eigenvalue weighted by molar-refractivity contribution is -0.137. The summed E-state index contributed by atoms with van der Waals surface area (Å²) in [5.41, 5.74) is -0.859. The molecule has 0 saturated carbocycles. The maximum Gasteiger partial charge on any atom is 0.417 e. The van der Waals surface area contributed by atoms with Crippen molar-refractivity contribution in [2.24, 2.45) is 5.41 Å². The lowest BCUT2D eigenvalue weighted by Crippen LogP contribution is -2.50. The van der Waals surface area contributed by atoms with Crippen molar-refractivity contribution in [3.05, 3.63) is 56.3 Å². The molecule has 0 amide bonds. The molecule has 0 fully saturated rings. The number of methoxy groups -OCH3 is 1. The van der Waals surface area contributed by atoms with Gasteiger partial charge >= 0.3 is 12.1 Å². The van der Waals surface area contributed by atoms with Gasteiger partial charge in [-0.2, -0.15) is 13.2 Å². The molecule has 8 heteroatoms. The normalized spacial score (nSPS) is 25.8. The highest BCUT2D eigenvalue weighted by Crippen LogP contribution is 2.52. The van der Waals surface area contributed by atoms with E-state index in [-0.39, 0.29) is 10.5 Å². The summed E-state index contributed by atoms with van der Waals surface area (Å²) in [6.45, 7) is 8.69. The fourth-order valence-corrected chi connectivity index (χ4v) is 4.59. The van der Waals surface area contributed by atoms with Gasteiger partial charge in [0.2, 0.25) is 0 Å². The Morgan fingerprint density at radius 2 is 1.76 bits per heavy atom. The summed E-state index contributed by atoms with van der Waals surface area (Å²) in [4.78, 5) is 24.2. The van der Waals surface area contributed by atoms with E-state index in [0.29, 0.717) is 16.7 Å². The summed E-state index contributed by atoms with van der Waals surface area (Å²) in [7, 11) is 1.46. The number of aliphatic carboxylic acids is 1. The summed E-state index contributed by atoms with van der Waals surface area (Å²) in [6.07, 6.45) is -1.68. The SMILES string of the molecule is COC1(C)C(C)=C(C(=O)O)C(C)=C(C)C1(C)C=CC(=O)c1cc(C(F)(F)F)cs1. The van der Waals surface area contributed by atoms with Crippen LogP contribution in [0.25, 0.3) is 0 Å². The average molecular weight is 428 g/mol. The van der Waals surface area contributed by atoms with Gasteiger partial charge in [0.1, 0.15) is 0 Å². The van der Waals surface area contributed by atoms with Gasteiger partial charge in [-0.25, -0.2) is 4.79 Å². The Morgan fingerprint density at radius 1 is 1.17 bits per heavy atom. The smallest absolute Gasteiger partial charge is 0.417 e. The molecule has 4 nitrogen and oxygen atoms in total. The van der Waals surface area contributed by atoms with E-state index in [4.69, 9.17) is 4.74 Å². The zero-order valence-corrected chi connectivity index (χ0v) is 17.8. The van der Waals surface area contributed by atoms with Gasteiger partial charge < -0.3 is 9.84 Å². The Kier molecular flexibility index (Phi) is 6.03. The number of ether oxygens (including phenoxy) is 1. The Hall–Kier alpha value is -2.19. The molecule has 29 heavy (non-hydrogen) atoms. The monoisotopic (exact) mass is 428 g/mol. The molecule has 1 heterocycles. The van der Waals surface area contributed by atoms with Crippen molar-refractivity contribution < 1.29 is 32.6 Å². The number of carboxylic acids is 1. The molecule has 158 valence electrons. The third-order valence-electron chi connectivity index (χ3n) is 6.16. The van der Waals surface area contributed by atoms with Crippen molar-refractivity contribution >= 4 is 23.1 Å². The second kappa shape index (κ2) is 7.57. The third-order valence-corrected chi connectivity index (χ3v) is 7.10. The van der Waals surface area contributed by atoms with Crippen LogP contribution in [0.3, 0.4) is 0 Å². The second-order valence-electron chi connectivity index (χ2n) is 7.39. The number of carboxylic acid groups (broad SMARTS) is 1. The summed E-state index contributed by atoms with van der Waals surface area (Å²) in [6, 6.07) is 0.831. The fourth-order valence-electron chi connectivity index (χ4n) is 3.75. The molecule has 0 spiro atoms. The van der Waals surface area contributed by atoms with Crippen LogP contribution < -0.4 is 0 Å². The first-order valence-corrected chi connectivity index (χ1v) is 9.66. The highest BCUT2D eigenvalue weighted by atomic mass is 32.1. The number of rotatable bonds is 5. The summed E-state index contributed by atoms with van der Waals surface area (Å²) >= 11 is 0.731. The number of carbonyl (C=O) groups excluding carboxylic acids is 1. The van der Waals surface area contributed by atoms with Crippen LogP contribution in [0.2, 0.25) is 0 Å². The lowest BCUT2D eigenvalue weighted by Gasteiger charge is -2.49. The molecule has 0 aliphatic heterocycles. The molecule has 2 unspecified atom stereocenters. The van der Waals surface area contributed by atoms with Crippen molar-refractivity contribution in [2.75, 3.05) is 7.11 Å². The standard InChI is InChI=1S/C21H23F3O4S/c1-11-12(2)19(4,20(5,28-6)13(3)17(11)18(26)27)8-7-15(25)16-9-14(10-29-16)21(22,23)24/h7-10H,1-6H3,(H,26,27). The van der Waals surface area contributed by atoms with Gasteiger partial charge in [-0.05, 0) is 57.9 Å². The molecular formula is C21H23F3O4S. The molecule has 1 aliphatic rings. The van der Waals surface area contributed by atoms with Crippen LogP contribution in [0, 0.1) is 5.41 Å². The molecule has 0 aromatic carbocycles. The van der Waals surface area contributed by atoms with Crippen LogP contribution in [-0.4, -0.2) is 29.6 Å². The minimum atomic E-state index is -4.51. The predicted octanol–water partition coefficient (Wildman–Crippen LogP) is 5.67. The van der Waals surface area contributed by atoms with Crippen LogP contribution in [0.1, 0.15) is 49.9 Å². The molecule has 1 N–H and O–H groups in total. The average Bonchev–Trinajstić information content (AvgIpc) is 3.13. The van der Waals surface area contributed by atoms with E-state index in [9.17, 15) is 27.9 Å². The zero-order chi connectivity index (χ0) is 22.4. The van der Waals surface area contributed by atoms with Gasteiger partial charge in [0, 0.05) is 17.9 Å². The number of thiophene rings is 1. The van der Waals surface area contributed by atoms with E-state index in [1.807, 2.05) is 6.92 Å². The molecule has 1 aliphatic carbocycles. The molecule has 0 bridgehead atoms. The van der Waals surface area contributed by atoms with Gasteiger partial charge in [-0.15, -0.1) is 11.3 Å². The molecule has 1 aromatic heterocycles. The third kappa shape index (κ3) is 3.71. The Morgan fingerprint density at radius 3 is 2.21 bits per heavy atom. The van der Waals surface area contributed by atoms with E-state index < -0.39 is 34.5 Å². The van der Waals surface area contributed by atoms with Crippen LogP contribution in [0.5, 0.6) is 0 Å². The fraction of sp³-hybridized carbons (Fsp3) is 0.429. The number of hydrogen-bond donors (Lipinski definition) is 1. The minimum absolute atomic E-state index is 0.0241. The van der Waals surface area contributed by atoms with Crippen LogP contribution >= 0.6 is 11.3 Å². The van der Waals surface area contributed by atoms with E-state index in [0.717, 1.165) is 22.8 Å². The molecule has 1 aromatic rings. The van der Waals surface area contributed by atoms with E-state index >= 15 is 0 Å². The van der Waals surface area contributed by atoms with Crippen LogP contribution in [0.4, 0.5) is 13.2 Å². The zero-order valence-electron chi connectivity index (χ0n) is 17.0.